The number of hydrogen-bond acceptors (Lipinski definition) is 1. The van der Waals surface area contributed by atoms with Gasteiger partial charge in [0.15, 0.2) is 52.4 Å². The quantitative estimate of drug-likeness (QED) is 0.0728. The molecule has 0 radical (unpaired) electrons. The lowest BCUT2D eigenvalue weighted by Gasteiger charge is -2.41. The largest absolute Gasteiger partial charge is 0.410 e. The lowest BCUT2D eigenvalue weighted by atomic mass is 9.15. The Bertz CT molecular complexity index is 1760. The molecule has 0 saturated heterocycles. The minimum atomic E-state index is -5.88. The first-order valence-electron chi connectivity index (χ1n) is 14.2. The van der Waals surface area contributed by atoms with Gasteiger partial charge in [-0.15, -0.1) is 22.8 Å². The standard InChI is InChI=1S/C31H17BF15NO/c1-2-8-48-10-12(49-31(48)11-6-4-3-5-7-11)9-32(13-16(33)22(39)28(45)23(40)17(13)34,14-18(35)24(41)29(46)25(42)19(14)36)15-20(37)26(43)30(47)27(44)21(15)38/h1,9,11H,3-8,10H2/b12-9+. The van der Waals surface area contributed by atoms with Crippen LogP contribution in [0.4, 0.5) is 65.9 Å². The van der Waals surface area contributed by atoms with Crippen molar-refractivity contribution < 1.29 is 75.2 Å². The van der Waals surface area contributed by atoms with Crippen LogP contribution in [0, 0.1) is 106 Å². The number of nitrogens with zero attached hydrogens (tertiary/aromatic N) is 1. The molecule has 0 spiro atoms. The summed E-state index contributed by atoms with van der Waals surface area (Å²) in [6.07, 6.45) is 2.25. The third-order valence-electron chi connectivity index (χ3n) is 8.66. The van der Waals surface area contributed by atoms with Gasteiger partial charge in [-0.2, -0.15) is 10.6 Å². The average molecular weight is 715 g/mol. The zero-order valence-electron chi connectivity index (χ0n) is 24.3. The van der Waals surface area contributed by atoms with E-state index in [0.717, 1.165) is 6.42 Å². The van der Waals surface area contributed by atoms with Crippen molar-refractivity contribution in [1.82, 2.24) is 0 Å². The van der Waals surface area contributed by atoms with E-state index < -0.39 is 128 Å². The molecular formula is C31H17BF15NO. The summed E-state index contributed by atoms with van der Waals surface area (Å²) in [6, 6.07) is 0. The van der Waals surface area contributed by atoms with Crippen molar-refractivity contribution in [1.29, 1.82) is 0 Å². The maximum atomic E-state index is 15.8. The third-order valence-corrected chi connectivity index (χ3v) is 8.66. The molecule has 1 heterocycles. The molecule has 0 amide bonds. The molecule has 1 aliphatic carbocycles. The summed E-state index contributed by atoms with van der Waals surface area (Å²) >= 11 is 0. The Morgan fingerprint density at radius 1 is 0.551 bits per heavy atom. The van der Waals surface area contributed by atoms with Crippen molar-refractivity contribution in [2.24, 2.45) is 5.92 Å². The lowest BCUT2D eigenvalue weighted by molar-refractivity contribution is -0.504. The first-order valence-corrected chi connectivity index (χ1v) is 14.2. The summed E-state index contributed by atoms with van der Waals surface area (Å²) in [5, 5.41) is 0. The van der Waals surface area contributed by atoms with Gasteiger partial charge in [0.2, 0.25) is 13.1 Å². The van der Waals surface area contributed by atoms with Crippen LogP contribution in [-0.2, 0) is 4.74 Å². The van der Waals surface area contributed by atoms with E-state index in [2.05, 4.69) is 5.92 Å². The second-order valence-corrected chi connectivity index (χ2v) is 11.4. The van der Waals surface area contributed by atoms with Crippen LogP contribution in [0.2, 0.25) is 0 Å². The summed E-state index contributed by atoms with van der Waals surface area (Å²) in [5.41, 5.74) is -8.18. The molecule has 1 aliphatic heterocycles. The van der Waals surface area contributed by atoms with E-state index >= 15 is 26.3 Å². The molecule has 2 aliphatic rings. The van der Waals surface area contributed by atoms with Crippen LogP contribution >= 0.6 is 0 Å². The second-order valence-electron chi connectivity index (χ2n) is 11.4. The third kappa shape index (κ3) is 5.41. The highest BCUT2D eigenvalue weighted by atomic mass is 19.2. The minimum Gasteiger partial charge on any atom is -0.410 e. The Balaban J connectivity index is 2.06. The Morgan fingerprint density at radius 2 is 0.878 bits per heavy atom. The number of hydrogen-bond donors (Lipinski definition) is 0. The molecule has 49 heavy (non-hydrogen) atoms. The molecule has 2 nitrogen and oxygen atoms in total. The molecule has 3 aromatic carbocycles. The van der Waals surface area contributed by atoms with E-state index in [0.29, 0.717) is 25.7 Å². The molecule has 18 heteroatoms. The number of rotatable bonds is 6. The van der Waals surface area contributed by atoms with Gasteiger partial charge in [0.25, 0.3) is 0 Å². The molecule has 5 rings (SSSR count). The van der Waals surface area contributed by atoms with Crippen molar-refractivity contribution >= 4 is 28.4 Å². The van der Waals surface area contributed by atoms with Crippen molar-refractivity contribution in [2.45, 2.75) is 32.1 Å². The Morgan fingerprint density at radius 3 is 1.20 bits per heavy atom. The van der Waals surface area contributed by atoms with Crippen LogP contribution in [0.25, 0.3) is 0 Å². The van der Waals surface area contributed by atoms with Gasteiger partial charge in [-0.05, 0) is 18.8 Å². The Kier molecular flexibility index (Phi) is 9.52. The van der Waals surface area contributed by atoms with Crippen LogP contribution in [0.15, 0.2) is 11.7 Å². The average Bonchev–Trinajstić information content (AvgIpc) is 3.48. The molecule has 1 fully saturated rings. The zero-order valence-corrected chi connectivity index (χ0v) is 24.3. The van der Waals surface area contributed by atoms with E-state index in [1.54, 1.807) is 0 Å². The van der Waals surface area contributed by atoms with Crippen molar-refractivity contribution in [3.8, 4) is 12.3 Å². The molecule has 0 bridgehead atoms. The molecular weight excluding hydrogens is 698 g/mol. The fourth-order valence-electron chi connectivity index (χ4n) is 6.55. The van der Waals surface area contributed by atoms with Gasteiger partial charge < -0.3 is 4.74 Å². The van der Waals surface area contributed by atoms with Gasteiger partial charge in [-0.25, -0.2) is 65.9 Å². The summed E-state index contributed by atoms with van der Waals surface area (Å²) in [7, 11) is 0. The van der Waals surface area contributed by atoms with Crippen molar-refractivity contribution in [2.75, 3.05) is 13.1 Å². The topological polar surface area (TPSA) is 12.2 Å². The molecule has 0 atom stereocenters. The molecule has 0 N–H and O–H groups in total. The van der Waals surface area contributed by atoms with Crippen LogP contribution in [-0.4, -0.2) is 29.7 Å². The highest BCUT2D eigenvalue weighted by Crippen LogP contribution is 2.32. The van der Waals surface area contributed by atoms with E-state index in [4.69, 9.17) is 11.2 Å². The summed E-state index contributed by atoms with van der Waals surface area (Å²) in [4.78, 5) is 0. The molecule has 0 aromatic heterocycles. The summed E-state index contributed by atoms with van der Waals surface area (Å²) < 4.78 is 233. The van der Waals surface area contributed by atoms with Crippen LogP contribution in [0.3, 0.4) is 0 Å². The highest BCUT2D eigenvalue weighted by Gasteiger charge is 2.48. The maximum absolute atomic E-state index is 15.8. The van der Waals surface area contributed by atoms with Gasteiger partial charge in [-0.1, -0.05) is 19.3 Å². The number of benzene rings is 3. The van der Waals surface area contributed by atoms with Crippen LogP contribution in [0.1, 0.15) is 32.1 Å². The van der Waals surface area contributed by atoms with Crippen LogP contribution in [0.5, 0.6) is 0 Å². The SMILES string of the molecule is C#CC[N+]1=C(C2CCCCC2)O/C(=C/[B-](c2c(F)c(F)c(F)c(F)c2F)(c2c(F)c(F)c(F)c(F)c2F)c2c(F)c(F)c(F)c(F)c2F)C1. The lowest BCUT2D eigenvalue weighted by Crippen LogP contribution is -2.72. The maximum Gasteiger partial charge on any atom is 0.345 e. The fraction of sp³-hybridized carbons (Fsp3) is 0.258. The summed E-state index contributed by atoms with van der Waals surface area (Å²) in [5.74, 6) is -45.5. The number of halogens is 15. The monoisotopic (exact) mass is 715 g/mol. The van der Waals surface area contributed by atoms with Gasteiger partial charge in [0, 0.05) is 0 Å². The molecule has 0 unspecified atom stereocenters. The second kappa shape index (κ2) is 13.0. The first-order chi connectivity index (χ1) is 23.0. The Hall–Kier alpha value is -4.56. The van der Waals surface area contributed by atoms with Gasteiger partial charge in [0.05, 0.1) is 5.92 Å². The van der Waals surface area contributed by atoms with Gasteiger partial charge >= 0.3 is 5.90 Å². The van der Waals surface area contributed by atoms with Gasteiger partial charge in [-0.3, -0.25) is 0 Å². The number of ether oxygens (including phenoxy) is 1. The summed E-state index contributed by atoms with van der Waals surface area (Å²) in [6.45, 7) is -1.18. The van der Waals surface area contributed by atoms with E-state index in [-0.39, 0.29) is 18.4 Å². The minimum absolute atomic E-state index is 0.0826. The predicted octanol–water partition coefficient (Wildman–Crippen LogP) is 6.32. The molecule has 260 valence electrons. The predicted molar refractivity (Wildman–Crippen MR) is 143 cm³/mol. The van der Waals surface area contributed by atoms with E-state index in [1.165, 1.54) is 4.58 Å². The highest BCUT2D eigenvalue weighted by molar-refractivity contribution is 7.15. The normalized spacial score (nSPS) is 16.5. The van der Waals surface area contributed by atoms with Crippen LogP contribution < -0.4 is 16.4 Å². The van der Waals surface area contributed by atoms with Crippen molar-refractivity contribution in [3.05, 3.63) is 99.0 Å². The Labute approximate surface area is 266 Å². The van der Waals surface area contributed by atoms with E-state index in [9.17, 15) is 39.5 Å². The van der Waals surface area contributed by atoms with Crippen molar-refractivity contribution in [3.63, 3.8) is 0 Å². The zero-order chi connectivity index (χ0) is 36.3. The number of terminal acetylenes is 1. The van der Waals surface area contributed by atoms with E-state index in [1.807, 2.05) is 0 Å². The fourth-order valence-corrected chi connectivity index (χ4v) is 6.55. The van der Waals surface area contributed by atoms with Gasteiger partial charge in [0.1, 0.15) is 46.8 Å². The molecule has 1 saturated carbocycles. The smallest absolute Gasteiger partial charge is 0.345 e. The molecule has 3 aromatic rings. The first kappa shape index (κ1) is 35.7.